The van der Waals surface area contributed by atoms with E-state index in [0.29, 0.717) is 0 Å². The topological polar surface area (TPSA) is 41.6 Å². The number of rotatable bonds is 6. The number of methoxy groups -OCH3 is 1. The van der Waals surface area contributed by atoms with E-state index in [2.05, 4.69) is 5.32 Å². The normalized spacial score (nSPS) is 22.1. The monoisotopic (exact) mass is 214 g/mol. The average Bonchev–Trinajstić information content (AvgIpc) is 2.26. The van der Waals surface area contributed by atoms with E-state index >= 15 is 0 Å². The lowest BCUT2D eigenvalue weighted by atomic mass is 10.0. The highest BCUT2D eigenvalue weighted by Crippen LogP contribution is 2.12. The van der Waals surface area contributed by atoms with E-state index in [-0.39, 0.29) is 11.9 Å². The summed E-state index contributed by atoms with van der Waals surface area (Å²) in [4.78, 5) is 13.8. The number of nitrogens with one attached hydrogen (secondary N) is 1. The SMILES string of the molecule is CNC1CCCN(CCCCOC)C1=O. The molecule has 0 spiro atoms. The van der Waals surface area contributed by atoms with Crippen molar-refractivity contribution in [2.75, 3.05) is 33.9 Å². The molecule has 1 saturated heterocycles. The second-order valence-corrected chi connectivity index (χ2v) is 4.01. The van der Waals surface area contributed by atoms with Crippen molar-refractivity contribution in [3.05, 3.63) is 0 Å². The van der Waals surface area contributed by atoms with Crippen LogP contribution in [0.2, 0.25) is 0 Å². The van der Waals surface area contributed by atoms with Gasteiger partial charge < -0.3 is 15.0 Å². The van der Waals surface area contributed by atoms with Crippen molar-refractivity contribution >= 4 is 5.91 Å². The van der Waals surface area contributed by atoms with Crippen LogP contribution < -0.4 is 5.32 Å². The number of carbonyl (C=O) groups is 1. The maximum Gasteiger partial charge on any atom is 0.239 e. The lowest BCUT2D eigenvalue weighted by molar-refractivity contribution is -0.135. The van der Waals surface area contributed by atoms with Gasteiger partial charge in [-0.15, -0.1) is 0 Å². The summed E-state index contributed by atoms with van der Waals surface area (Å²) in [5.74, 6) is 0.265. The van der Waals surface area contributed by atoms with Crippen LogP contribution in [-0.4, -0.2) is 50.7 Å². The Morgan fingerprint density at radius 3 is 3.00 bits per heavy atom. The van der Waals surface area contributed by atoms with Gasteiger partial charge in [-0.3, -0.25) is 4.79 Å². The molecule has 1 fully saturated rings. The number of hydrogen-bond acceptors (Lipinski definition) is 3. The molecule has 1 unspecified atom stereocenters. The second-order valence-electron chi connectivity index (χ2n) is 4.01. The highest BCUT2D eigenvalue weighted by Gasteiger charge is 2.26. The summed E-state index contributed by atoms with van der Waals surface area (Å²) in [5, 5.41) is 3.07. The van der Waals surface area contributed by atoms with Gasteiger partial charge in [0.15, 0.2) is 0 Å². The Hall–Kier alpha value is -0.610. The summed E-state index contributed by atoms with van der Waals surface area (Å²) in [7, 11) is 3.57. The molecule has 0 radical (unpaired) electrons. The van der Waals surface area contributed by atoms with Crippen molar-refractivity contribution in [2.24, 2.45) is 0 Å². The molecule has 0 aromatic heterocycles. The molecule has 4 nitrogen and oxygen atoms in total. The fraction of sp³-hybridized carbons (Fsp3) is 0.909. The number of likely N-dealkylation sites (N-methyl/N-ethyl adjacent to an activating group) is 1. The molecule has 1 amide bonds. The predicted molar refractivity (Wildman–Crippen MR) is 59.8 cm³/mol. The molecular formula is C11H22N2O2. The van der Waals surface area contributed by atoms with Crippen LogP contribution >= 0.6 is 0 Å². The van der Waals surface area contributed by atoms with Crippen molar-refractivity contribution in [1.82, 2.24) is 10.2 Å². The molecule has 1 aliphatic rings. The number of nitrogens with zero attached hydrogens (tertiary/aromatic N) is 1. The smallest absolute Gasteiger partial charge is 0.239 e. The summed E-state index contributed by atoms with van der Waals surface area (Å²) < 4.78 is 4.98. The molecule has 1 rings (SSSR count). The van der Waals surface area contributed by atoms with Crippen LogP contribution in [0.1, 0.15) is 25.7 Å². The van der Waals surface area contributed by atoms with Crippen molar-refractivity contribution in [3.63, 3.8) is 0 Å². The highest BCUT2D eigenvalue weighted by atomic mass is 16.5. The third-order valence-electron chi connectivity index (χ3n) is 2.91. The molecule has 15 heavy (non-hydrogen) atoms. The van der Waals surface area contributed by atoms with Crippen molar-refractivity contribution in [3.8, 4) is 0 Å². The molecule has 1 aliphatic heterocycles. The van der Waals surface area contributed by atoms with Gasteiger partial charge >= 0.3 is 0 Å². The quantitative estimate of drug-likeness (QED) is 0.659. The first kappa shape index (κ1) is 12.5. The maximum absolute atomic E-state index is 11.9. The first-order valence-corrected chi connectivity index (χ1v) is 5.74. The van der Waals surface area contributed by atoms with E-state index in [9.17, 15) is 4.79 Å². The van der Waals surface area contributed by atoms with E-state index in [0.717, 1.165) is 45.4 Å². The average molecular weight is 214 g/mol. The first-order chi connectivity index (χ1) is 7.29. The standard InChI is InChI=1S/C11H22N2O2/c1-12-10-6-5-8-13(11(10)14)7-3-4-9-15-2/h10,12H,3-9H2,1-2H3. The van der Waals surface area contributed by atoms with Crippen molar-refractivity contribution < 1.29 is 9.53 Å². The van der Waals surface area contributed by atoms with E-state index in [4.69, 9.17) is 4.74 Å². The Labute approximate surface area is 92.0 Å². The molecule has 0 bridgehead atoms. The van der Waals surface area contributed by atoms with E-state index in [1.807, 2.05) is 11.9 Å². The molecule has 0 saturated carbocycles. The molecule has 0 aromatic rings. The molecule has 1 atom stereocenters. The van der Waals surface area contributed by atoms with E-state index in [1.165, 1.54) is 0 Å². The number of piperidine rings is 1. The highest BCUT2D eigenvalue weighted by molar-refractivity contribution is 5.82. The molecular weight excluding hydrogens is 192 g/mol. The minimum Gasteiger partial charge on any atom is -0.385 e. The van der Waals surface area contributed by atoms with Crippen molar-refractivity contribution in [1.29, 1.82) is 0 Å². The summed E-state index contributed by atoms with van der Waals surface area (Å²) in [6.45, 7) is 2.59. The van der Waals surface area contributed by atoms with Gasteiger partial charge in [0.2, 0.25) is 5.91 Å². The lowest BCUT2D eigenvalue weighted by Gasteiger charge is -2.32. The zero-order valence-corrected chi connectivity index (χ0v) is 9.79. The molecule has 88 valence electrons. The van der Waals surface area contributed by atoms with Gasteiger partial charge in [0.25, 0.3) is 0 Å². The van der Waals surface area contributed by atoms with Crippen molar-refractivity contribution in [2.45, 2.75) is 31.7 Å². The predicted octanol–water partition coefficient (Wildman–Crippen LogP) is 0.623. The van der Waals surface area contributed by atoms with Crippen LogP contribution in [0.25, 0.3) is 0 Å². The van der Waals surface area contributed by atoms with Crippen LogP contribution in [0.15, 0.2) is 0 Å². The van der Waals surface area contributed by atoms with Gasteiger partial charge in [-0.25, -0.2) is 0 Å². The number of amides is 1. The van der Waals surface area contributed by atoms with Crippen LogP contribution in [0, 0.1) is 0 Å². The Morgan fingerprint density at radius 2 is 2.33 bits per heavy atom. The van der Waals surface area contributed by atoms with E-state index in [1.54, 1.807) is 7.11 Å². The third kappa shape index (κ3) is 3.80. The van der Waals surface area contributed by atoms with Crippen LogP contribution in [0.5, 0.6) is 0 Å². The fourth-order valence-electron chi connectivity index (χ4n) is 1.98. The summed E-state index contributed by atoms with van der Waals surface area (Å²) in [5.41, 5.74) is 0. The Morgan fingerprint density at radius 1 is 1.53 bits per heavy atom. The summed E-state index contributed by atoms with van der Waals surface area (Å²) >= 11 is 0. The van der Waals surface area contributed by atoms with Gasteiger partial charge in [0, 0.05) is 26.8 Å². The van der Waals surface area contributed by atoms with Gasteiger partial charge in [0.1, 0.15) is 0 Å². The maximum atomic E-state index is 11.9. The Kier molecular flexibility index (Phi) is 5.65. The van der Waals surface area contributed by atoms with Gasteiger partial charge in [-0.2, -0.15) is 0 Å². The van der Waals surface area contributed by atoms with Crippen LogP contribution in [0.3, 0.4) is 0 Å². The molecule has 0 aliphatic carbocycles. The lowest BCUT2D eigenvalue weighted by Crippen LogP contribution is -2.49. The zero-order valence-electron chi connectivity index (χ0n) is 9.79. The fourth-order valence-corrected chi connectivity index (χ4v) is 1.98. The molecule has 4 heteroatoms. The Bertz CT molecular complexity index is 197. The van der Waals surface area contributed by atoms with Crippen LogP contribution in [-0.2, 0) is 9.53 Å². The molecule has 1 heterocycles. The number of carbonyl (C=O) groups excluding carboxylic acids is 1. The van der Waals surface area contributed by atoms with E-state index < -0.39 is 0 Å². The minimum absolute atomic E-state index is 0.0428. The first-order valence-electron chi connectivity index (χ1n) is 5.74. The minimum atomic E-state index is 0.0428. The Balaban J connectivity index is 2.24. The van der Waals surface area contributed by atoms with Gasteiger partial charge in [0.05, 0.1) is 6.04 Å². The summed E-state index contributed by atoms with van der Waals surface area (Å²) in [6, 6.07) is 0.0428. The second kappa shape index (κ2) is 6.80. The largest absolute Gasteiger partial charge is 0.385 e. The third-order valence-corrected chi connectivity index (χ3v) is 2.91. The zero-order chi connectivity index (χ0) is 11.1. The number of likely N-dealkylation sites (tertiary alicyclic amines) is 1. The van der Waals surface area contributed by atoms with Crippen LogP contribution in [0.4, 0.5) is 0 Å². The summed E-state index contributed by atoms with van der Waals surface area (Å²) in [6.07, 6.45) is 4.16. The van der Waals surface area contributed by atoms with Gasteiger partial charge in [-0.1, -0.05) is 0 Å². The number of unbranched alkanes of at least 4 members (excludes halogenated alkanes) is 1. The molecule has 1 N–H and O–H groups in total. The van der Waals surface area contributed by atoms with Gasteiger partial charge in [-0.05, 0) is 32.7 Å². The number of hydrogen-bond donors (Lipinski definition) is 1. The molecule has 0 aromatic carbocycles. The number of ether oxygens (including phenoxy) is 1.